The first-order chi connectivity index (χ1) is 16.8. The Morgan fingerprint density at radius 2 is 2.06 bits per heavy atom. The lowest BCUT2D eigenvalue weighted by Crippen LogP contribution is -2.44. The van der Waals surface area contributed by atoms with Gasteiger partial charge in [0, 0.05) is 51.1 Å². The van der Waals surface area contributed by atoms with Crippen LogP contribution in [0, 0.1) is 11.6 Å². The summed E-state index contributed by atoms with van der Waals surface area (Å²) >= 11 is 1.36. The van der Waals surface area contributed by atoms with Crippen LogP contribution in [0.4, 0.5) is 19.9 Å². The van der Waals surface area contributed by atoms with Crippen LogP contribution in [0.2, 0.25) is 0 Å². The molecule has 1 aromatic carbocycles. The lowest BCUT2D eigenvalue weighted by atomic mass is 10.1. The van der Waals surface area contributed by atoms with Gasteiger partial charge < -0.3 is 19.3 Å². The van der Waals surface area contributed by atoms with E-state index < -0.39 is 11.6 Å². The van der Waals surface area contributed by atoms with Crippen LogP contribution < -0.4 is 9.80 Å². The highest BCUT2D eigenvalue weighted by molar-refractivity contribution is 7.22. The number of nitrogens with one attached hydrogen (secondary N) is 1. The molecule has 2 atom stereocenters. The van der Waals surface area contributed by atoms with Gasteiger partial charge in [-0.25, -0.2) is 13.8 Å². The van der Waals surface area contributed by atoms with Crippen molar-refractivity contribution in [1.29, 1.82) is 0 Å². The molecule has 3 aromatic heterocycles. The van der Waals surface area contributed by atoms with Gasteiger partial charge in [0.25, 0.3) is 0 Å². The van der Waals surface area contributed by atoms with Crippen molar-refractivity contribution in [1.82, 2.24) is 25.1 Å². The van der Waals surface area contributed by atoms with Gasteiger partial charge in [-0.2, -0.15) is 15.1 Å². The van der Waals surface area contributed by atoms with E-state index in [4.69, 9.17) is 19.4 Å². The van der Waals surface area contributed by atoms with E-state index in [2.05, 4.69) is 15.2 Å². The third kappa shape index (κ3) is 4.56. The van der Waals surface area contributed by atoms with Crippen molar-refractivity contribution >= 4 is 32.8 Å². The van der Waals surface area contributed by atoms with E-state index in [0.29, 0.717) is 46.8 Å². The Morgan fingerprint density at radius 1 is 1.23 bits per heavy atom. The van der Waals surface area contributed by atoms with E-state index in [0.717, 1.165) is 17.3 Å². The maximum Gasteiger partial charge on any atom is 0.228 e. The largest absolute Gasteiger partial charge is 0.378 e. The molecule has 1 aliphatic heterocycles. The third-order valence-electron chi connectivity index (χ3n) is 5.72. The summed E-state index contributed by atoms with van der Waals surface area (Å²) in [4.78, 5) is 18.0. The van der Waals surface area contributed by atoms with E-state index in [1.165, 1.54) is 23.5 Å². The van der Waals surface area contributed by atoms with E-state index in [-0.39, 0.29) is 17.8 Å². The number of fused-ring (bicyclic) bond motifs is 1. The second-order valence-corrected chi connectivity index (χ2v) is 9.58. The van der Waals surface area contributed by atoms with Crippen molar-refractivity contribution in [2.24, 2.45) is 0 Å². The Kier molecular flexibility index (Phi) is 6.34. The van der Waals surface area contributed by atoms with Crippen LogP contribution in [0.15, 0.2) is 24.4 Å². The first-order valence-corrected chi connectivity index (χ1v) is 11.9. The highest BCUT2D eigenvalue weighted by atomic mass is 32.1. The number of thiazole rings is 1. The molecule has 0 aliphatic carbocycles. The van der Waals surface area contributed by atoms with Gasteiger partial charge in [0.2, 0.25) is 5.95 Å². The van der Waals surface area contributed by atoms with Crippen LogP contribution in [0.1, 0.15) is 24.3 Å². The Hall–Kier alpha value is -3.22. The summed E-state index contributed by atoms with van der Waals surface area (Å²) in [7, 11) is 5.37. The summed E-state index contributed by atoms with van der Waals surface area (Å²) in [5.74, 6) is -0.928. The topological polar surface area (TPSA) is 92.3 Å². The maximum absolute atomic E-state index is 14.8. The molecular weight excluding hydrogens is 476 g/mol. The second kappa shape index (κ2) is 9.44. The fraction of sp³-hybridized carbons (Fsp3) is 0.391. The predicted octanol–water partition coefficient (Wildman–Crippen LogP) is 3.93. The minimum Gasteiger partial charge on any atom is -0.378 e. The van der Waals surface area contributed by atoms with Crippen molar-refractivity contribution in [3.05, 3.63) is 47.3 Å². The molecule has 5 rings (SSSR count). The first kappa shape index (κ1) is 23.5. The van der Waals surface area contributed by atoms with Crippen LogP contribution in [0.25, 0.3) is 21.6 Å². The van der Waals surface area contributed by atoms with Crippen LogP contribution >= 0.6 is 11.3 Å². The summed E-state index contributed by atoms with van der Waals surface area (Å²) in [5.41, 5.74) is 2.71. The molecule has 1 aliphatic rings. The SMILES string of the molecule is COCc1n[nH]cc1[C@H]1CN(c2nc(-c3ccc(F)cc3F)c3sc(N(C)C)nc3n2)C[C@@H](C)O1. The highest BCUT2D eigenvalue weighted by Crippen LogP contribution is 2.37. The zero-order valence-corrected chi connectivity index (χ0v) is 20.6. The van der Waals surface area contributed by atoms with E-state index in [9.17, 15) is 8.78 Å². The number of methoxy groups -OCH3 is 1. The Balaban J connectivity index is 1.59. The molecule has 35 heavy (non-hydrogen) atoms. The third-order valence-corrected chi connectivity index (χ3v) is 6.94. The molecule has 4 aromatic rings. The number of halogens is 2. The summed E-state index contributed by atoms with van der Waals surface area (Å²) in [6.45, 7) is 3.33. The number of anilines is 2. The molecule has 1 N–H and O–H groups in total. The normalized spacial score (nSPS) is 18.4. The Morgan fingerprint density at radius 3 is 2.80 bits per heavy atom. The molecule has 0 unspecified atom stereocenters. The molecule has 0 spiro atoms. The van der Waals surface area contributed by atoms with Gasteiger partial charge in [0.15, 0.2) is 10.8 Å². The molecule has 0 saturated carbocycles. The number of ether oxygens (including phenoxy) is 2. The summed E-state index contributed by atoms with van der Waals surface area (Å²) in [5, 5.41) is 7.87. The van der Waals surface area contributed by atoms with Crippen LogP contribution in [0.3, 0.4) is 0 Å². The number of benzene rings is 1. The van der Waals surface area contributed by atoms with Gasteiger partial charge in [-0.1, -0.05) is 11.3 Å². The molecule has 4 heterocycles. The molecule has 0 radical (unpaired) electrons. The molecular formula is C23H25F2N7O2S. The van der Waals surface area contributed by atoms with Crippen molar-refractivity contribution in [2.45, 2.75) is 25.7 Å². The highest BCUT2D eigenvalue weighted by Gasteiger charge is 2.31. The van der Waals surface area contributed by atoms with Gasteiger partial charge in [0.1, 0.15) is 22.4 Å². The zero-order valence-electron chi connectivity index (χ0n) is 19.7. The maximum atomic E-state index is 14.8. The number of hydrogen-bond donors (Lipinski definition) is 1. The Bertz CT molecular complexity index is 1360. The summed E-state index contributed by atoms with van der Waals surface area (Å²) in [6.07, 6.45) is 1.39. The quantitative estimate of drug-likeness (QED) is 0.425. The monoisotopic (exact) mass is 501 g/mol. The first-order valence-electron chi connectivity index (χ1n) is 11.1. The van der Waals surface area contributed by atoms with Crippen LogP contribution in [-0.4, -0.2) is 65.5 Å². The molecule has 1 fully saturated rings. The fourth-order valence-corrected chi connectivity index (χ4v) is 5.08. The van der Waals surface area contributed by atoms with E-state index >= 15 is 0 Å². The number of rotatable bonds is 6. The number of morpholine rings is 1. The number of aromatic nitrogens is 5. The number of hydrogen-bond acceptors (Lipinski definition) is 9. The Labute approximate surface area is 204 Å². The molecule has 184 valence electrons. The number of aromatic amines is 1. The summed E-state index contributed by atoms with van der Waals surface area (Å²) < 4.78 is 40.6. The molecule has 0 bridgehead atoms. The predicted molar refractivity (Wildman–Crippen MR) is 130 cm³/mol. The molecule has 1 saturated heterocycles. The molecule has 12 heteroatoms. The molecule has 9 nitrogen and oxygen atoms in total. The van der Waals surface area contributed by atoms with Crippen molar-refractivity contribution in [2.75, 3.05) is 44.1 Å². The average molecular weight is 502 g/mol. The van der Waals surface area contributed by atoms with E-state index in [1.807, 2.05) is 37.0 Å². The van der Waals surface area contributed by atoms with Crippen LogP contribution in [-0.2, 0) is 16.1 Å². The molecule has 0 amide bonds. The lowest BCUT2D eigenvalue weighted by Gasteiger charge is -2.37. The van der Waals surface area contributed by atoms with E-state index in [1.54, 1.807) is 7.11 Å². The van der Waals surface area contributed by atoms with Gasteiger partial charge in [-0.15, -0.1) is 0 Å². The number of H-pyrrole nitrogens is 1. The van der Waals surface area contributed by atoms with Crippen molar-refractivity contribution in [3.8, 4) is 11.3 Å². The fourth-order valence-electron chi connectivity index (χ4n) is 4.14. The smallest absolute Gasteiger partial charge is 0.228 e. The van der Waals surface area contributed by atoms with Crippen molar-refractivity contribution in [3.63, 3.8) is 0 Å². The van der Waals surface area contributed by atoms with Gasteiger partial charge in [-0.3, -0.25) is 5.10 Å². The van der Waals surface area contributed by atoms with Gasteiger partial charge >= 0.3 is 0 Å². The van der Waals surface area contributed by atoms with Crippen LogP contribution in [0.5, 0.6) is 0 Å². The van der Waals surface area contributed by atoms with Gasteiger partial charge in [-0.05, 0) is 19.1 Å². The second-order valence-electron chi connectivity index (χ2n) is 8.60. The van der Waals surface area contributed by atoms with Gasteiger partial charge in [0.05, 0.1) is 30.6 Å². The number of nitrogens with zero attached hydrogens (tertiary/aromatic N) is 6. The lowest BCUT2D eigenvalue weighted by molar-refractivity contribution is -0.0189. The average Bonchev–Trinajstić information content (AvgIpc) is 3.46. The zero-order chi connectivity index (χ0) is 24.7. The summed E-state index contributed by atoms with van der Waals surface area (Å²) in [6, 6.07) is 3.49. The minimum absolute atomic E-state index is 0.128. The minimum atomic E-state index is -0.688. The van der Waals surface area contributed by atoms with Crippen molar-refractivity contribution < 1.29 is 18.3 Å². The standard InChI is InChI=1S/C23H25F2N7O2S/c1-12-9-32(10-18(34-12)15-8-26-30-17(15)11-33-4)22-27-19(14-6-5-13(24)7-16(14)25)20-21(28-22)29-23(35-20)31(2)3/h5-8,12,18H,9-11H2,1-4H3,(H,26,30)/t12-,18-/m1/s1.